The summed E-state index contributed by atoms with van der Waals surface area (Å²) in [7, 11) is 0. The molecule has 0 radical (unpaired) electrons. The van der Waals surface area contributed by atoms with Gasteiger partial charge in [-0.15, -0.1) is 0 Å². The Morgan fingerprint density at radius 2 is 0.800 bits per heavy atom. The van der Waals surface area contributed by atoms with E-state index < -0.39 is 0 Å². The predicted octanol–water partition coefficient (Wildman–Crippen LogP) is 10.7. The van der Waals surface area contributed by atoms with Gasteiger partial charge >= 0.3 is 0 Å². The summed E-state index contributed by atoms with van der Waals surface area (Å²) in [6.07, 6.45) is 3.97. The highest BCUT2D eigenvalue weighted by Crippen LogP contribution is 2.55. The first-order chi connectivity index (χ1) is 21.6. The highest BCUT2D eigenvalue weighted by Gasteiger charge is 2.41. The molecule has 0 spiro atoms. The molecule has 6 aromatic rings. The van der Waals surface area contributed by atoms with Gasteiger partial charge in [0.2, 0.25) is 0 Å². The van der Waals surface area contributed by atoms with Crippen molar-refractivity contribution in [1.82, 2.24) is 9.97 Å². The first-order valence-corrected chi connectivity index (χ1v) is 16.1. The standard InChI is InChI=1S/C43H36N2/c1-41(2)35-23-25(27-19-21-44-39-31-11-7-9-13-33(31)42(3,4)37(27)39)15-17-29(35)30-18-16-26(24-36(30)41)28-20-22-45-40-32-12-8-10-14-34(32)43(5,6)38(28)40/h7-24H,1-6H3. The van der Waals surface area contributed by atoms with E-state index in [1.807, 2.05) is 12.4 Å². The maximum absolute atomic E-state index is 4.90. The van der Waals surface area contributed by atoms with Gasteiger partial charge in [-0.25, -0.2) is 0 Å². The van der Waals surface area contributed by atoms with Gasteiger partial charge in [0.25, 0.3) is 0 Å². The smallest absolute Gasteiger partial charge is 0.0752 e. The van der Waals surface area contributed by atoms with Gasteiger partial charge in [-0.05, 0) is 91.0 Å². The van der Waals surface area contributed by atoms with Crippen molar-refractivity contribution >= 4 is 0 Å². The summed E-state index contributed by atoms with van der Waals surface area (Å²) in [6.45, 7) is 14.1. The second kappa shape index (κ2) is 8.67. The normalized spacial score (nSPS) is 16.8. The fraction of sp³-hybridized carbons (Fsp3) is 0.209. The number of aromatic nitrogens is 2. The lowest BCUT2D eigenvalue weighted by Crippen LogP contribution is -2.17. The van der Waals surface area contributed by atoms with E-state index in [4.69, 9.17) is 9.97 Å². The summed E-state index contributed by atoms with van der Waals surface area (Å²) in [5, 5.41) is 0. The van der Waals surface area contributed by atoms with Crippen LogP contribution < -0.4 is 0 Å². The zero-order valence-electron chi connectivity index (χ0n) is 26.8. The topological polar surface area (TPSA) is 25.8 Å². The van der Waals surface area contributed by atoms with Crippen LogP contribution in [0, 0.1) is 0 Å². The number of rotatable bonds is 2. The maximum atomic E-state index is 4.90. The SMILES string of the molecule is CC1(C)c2cc(-c3ccnc4c3C(C)(C)c3ccccc3-4)ccc2-c2ccc(-c3ccnc4c3C(C)(C)c3ccccc3-4)cc21. The molecule has 0 fully saturated rings. The Bertz CT molecular complexity index is 2090. The molecule has 0 bridgehead atoms. The first kappa shape index (κ1) is 26.6. The van der Waals surface area contributed by atoms with E-state index in [9.17, 15) is 0 Å². The molecule has 3 aliphatic carbocycles. The van der Waals surface area contributed by atoms with E-state index in [1.54, 1.807) is 0 Å². The Morgan fingerprint density at radius 3 is 1.24 bits per heavy atom. The van der Waals surface area contributed by atoms with Crippen LogP contribution >= 0.6 is 0 Å². The number of pyridine rings is 2. The molecule has 0 unspecified atom stereocenters. The fourth-order valence-electron chi connectivity index (χ4n) is 8.89. The summed E-state index contributed by atoms with van der Waals surface area (Å²) in [5.41, 5.74) is 20.3. The molecule has 2 nitrogen and oxygen atoms in total. The molecule has 2 aromatic heterocycles. The summed E-state index contributed by atoms with van der Waals surface area (Å²) in [5.74, 6) is 0. The largest absolute Gasteiger partial charge is 0.256 e. The molecule has 9 rings (SSSR count). The second-order valence-corrected chi connectivity index (χ2v) is 14.7. The minimum atomic E-state index is -0.139. The molecule has 45 heavy (non-hydrogen) atoms. The third kappa shape index (κ3) is 3.35. The van der Waals surface area contributed by atoms with Gasteiger partial charge in [-0.2, -0.15) is 0 Å². The van der Waals surface area contributed by atoms with Crippen LogP contribution in [0.1, 0.15) is 74.9 Å². The quantitative estimate of drug-likeness (QED) is 0.204. The average Bonchev–Trinajstić information content (AvgIpc) is 3.54. The number of benzene rings is 4. The van der Waals surface area contributed by atoms with Crippen molar-refractivity contribution in [3.8, 4) is 55.9 Å². The van der Waals surface area contributed by atoms with Crippen molar-refractivity contribution in [3.05, 3.63) is 143 Å². The summed E-state index contributed by atoms with van der Waals surface area (Å²) >= 11 is 0. The second-order valence-electron chi connectivity index (χ2n) is 14.7. The number of hydrogen-bond acceptors (Lipinski definition) is 2. The highest BCUT2D eigenvalue weighted by molar-refractivity contribution is 5.91. The van der Waals surface area contributed by atoms with Gasteiger partial charge in [-0.3, -0.25) is 9.97 Å². The molecule has 3 aliphatic rings. The van der Waals surface area contributed by atoms with Crippen LogP contribution in [0.3, 0.4) is 0 Å². The zero-order chi connectivity index (χ0) is 30.9. The Labute approximate surface area is 265 Å². The molecule has 4 aromatic carbocycles. The molecular formula is C43H36N2. The molecule has 0 saturated heterocycles. The highest BCUT2D eigenvalue weighted by atomic mass is 14.7. The van der Waals surface area contributed by atoms with Crippen molar-refractivity contribution < 1.29 is 0 Å². The van der Waals surface area contributed by atoms with Crippen molar-refractivity contribution in [2.45, 2.75) is 57.8 Å². The Balaban J connectivity index is 1.17. The molecule has 2 heterocycles. The summed E-state index contributed by atoms with van der Waals surface area (Å²) in [6, 6.07) is 36.2. The van der Waals surface area contributed by atoms with E-state index >= 15 is 0 Å². The van der Waals surface area contributed by atoms with Crippen molar-refractivity contribution in [2.24, 2.45) is 0 Å². The van der Waals surface area contributed by atoms with Crippen LogP contribution in [0.25, 0.3) is 55.9 Å². The Hall–Kier alpha value is -4.82. The first-order valence-electron chi connectivity index (χ1n) is 16.1. The molecule has 2 heteroatoms. The van der Waals surface area contributed by atoms with E-state index in [-0.39, 0.29) is 16.2 Å². The number of hydrogen-bond donors (Lipinski definition) is 0. The van der Waals surface area contributed by atoms with E-state index in [2.05, 4.69) is 139 Å². The van der Waals surface area contributed by atoms with Crippen LogP contribution in [-0.2, 0) is 16.2 Å². The monoisotopic (exact) mass is 580 g/mol. The van der Waals surface area contributed by atoms with Gasteiger partial charge in [0.05, 0.1) is 11.4 Å². The summed E-state index contributed by atoms with van der Waals surface area (Å²) in [4.78, 5) is 9.80. The minimum absolute atomic E-state index is 0.111. The average molecular weight is 581 g/mol. The van der Waals surface area contributed by atoms with Crippen LogP contribution in [0.2, 0.25) is 0 Å². The molecule has 0 amide bonds. The Kier molecular flexibility index (Phi) is 5.12. The van der Waals surface area contributed by atoms with Crippen LogP contribution in [-0.4, -0.2) is 9.97 Å². The molecule has 0 atom stereocenters. The molecule has 218 valence electrons. The van der Waals surface area contributed by atoms with Gasteiger partial charge in [-0.1, -0.05) is 114 Å². The predicted molar refractivity (Wildman–Crippen MR) is 186 cm³/mol. The summed E-state index contributed by atoms with van der Waals surface area (Å²) < 4.78 is 0. The number of fused-ring (bicyclic) bond motifs is 9. The van der Waals surface area contributed by atoms with Crippen LogP contribution in [0.4, 0.5) is 0 Å². The molecule has 0 aliphatic heterocycles. The van der Waals surface area contributed by atoms with Crippen molar-refractivity contribution in [3.63, 3.8) is 0 Å². The third-order valence-corrected chi connectivity index (χ3v) is 11.2. The van der Waals surface area contributed by atoms with Crippen molar-refractivity contribution in [1.29, 1.82) is 0 Å². The van der Waals surface area contributed by atoms with Crippen molar-refractivity contribution in [2.75, 3.05) is 0 Å². The van der Waals surface area contributed by atoms with Crippen LogP contribution in [0.5, 0.6) is 0 Å². The van der Waals surface area contributed by atoms with E-state index in [0.29, 0.717) is 0 Å². The van der Waals surface area contributed by atoms with E-state index in [1.165, 1.54) is 77.9 Å². The lowest BCUT2D eigenvalue weighted by atomic mass is 9.77. The zero-order valence-corrected chi connectivity index (χ0v) is 26.8. The third-order valence-electron chi connectivity index (χ3n) is 11.2. The molecular weight excluding hydrogens is 544 g/mol. The minimum Gasteiger partial charge on any atom is -0.256 e. The molecule has 0 N–H and O–H groups in total. The van der Waals surface area contributed by atoms with Crippen LogP contribution in [0.15, 0.2) is 109 Å². The van der Waals surface area contributed by atoms with Gasteiger partial charge in [0, 0.05) is 39.8 Å². The maximum Gasteiger partial charge on any atom is 0.0752 e. The van der Waals surface area contributed by atoms with Gasteiger partial charge in [0.1, 0.15) is 0 Å². The lowest BCUT2D eigenvalue weighted by Gasteiger charge is -2.26. The Morgan fingerprint density at radius 1 is 0.378 bits per heavy atom. The molecule has 0 saturated carbocycles. The van der Waals surface area contributed by atoms with Gasteiger partial charge in [0.15, 0.2) is 0 Å². The lowest BCUT2D eigenvalue weighted by molar-refractivity contribution is 0.657. The number of nitrogens with zero attached hydrogens (tertiary/aromatic N) is 2. The van der Waals surface area contributed by atoms with E-state index in [0.717, 1.165) is 11.4 Å². The fourth-order valence-corrected chi connectivity index (χ4v) is 8.89. The van der Waals surface area contributed by atoms with Gasteiger partial charge < -0.3 is 0 Å².